The van der Waals surface area contributed by atoms with Crippen molar-refractivity contribution < 1.29 is 12.9 Å². The second kappa shape index (κ2) is 3.12. The van der Waals surface area contributed by atoms with Gasteiger partial charge < -0.3 is 0 Å². The van der Waals surface area contributed by atoms with Gasteiger partial charge in [0.05, 0.1) is 5.60 Å². The lowest BCUT2D eigenvalue weighted by Crippen LogP contribution is -2.51. The predicted octanol–water partition coefficient (Wildman–Crippen LogP) is 4.14. The Balaban J connectivity index is 1.80. The van der Waals surface area contributed by atoms with E-state index in [-0.39, 0.29) is 0 Å². The molecule has 0 saturated heterocycles. The van der Waals surface area contributed by atoms with Crippen molar-refractivity contribution in [3.05, 3.63) is 0 Å². The van der Waals surface area contributed by atoms with Crippen molar-refractivity contribution in [1.82, 2.24) is 0 Å². The normalized spacial score (nSPS) is 50.4. The molecule has 4 saturated carbocycles. The standard InChI is InChI=1S/C10H15F2OP/c11-14(12)13-10-4-7-1-8(5-10)3-9(2-7)6-10/h7-9H,1-6H2. The molecular formula is C10H15F2OP. The highest BCUT2D eigenvalue weighted by Crippen LogP contribution is 2.61. The molecule has 4 heteroatoms. The van der Waals surface area contributed by atoms with E-state index in [9.17, 15) is 8.39 Å². The molecular weight excluding hydrogens is 205 g/mol. The third-order valence-corrected chi connectivity index (χ3v) is 4.77. The molecule has 1 nitrogen and oxygen atoms in total. The van der Waals surface area contributed by atoms with Crippen LogP contribution in [0.25, 0.3) is 0 Å². The molecule has 0 atom stereocenters. The fraction of sp³-hybridized carbons (Fsp3) is 1.00. The van der Waals surface area contributed by atoms with Crippen LogP contribution in [0.3, 0.4) is 0 Å². The molecule has 0 radical (unpaired) electrons. The van der Waals surface area contributed by atoms with Gasteiger partial charge in [0.25, 0.3) is 0 Å². The number of hydrogen-bond acceptors (Lipinski definition) is 1. The maximum absolute atomic E-state index is 12.4. The first-order valence-corrected chi connectivity index (χ1v) is 6.50. The topological polar surface area (TPSA) is 9.23 Å². The summed E-state index contributed by atoms with van der Waals surface area (Å²) in [4.78, 5) is 0. The van der Waals surface area contributed by atoms with Crippen LogP contribution in [0.5, 0.6) is 0 Å². The Kier molecular flexibility index (Phi) is 2.11. The third kappa shape index (κ3) is 1.49. The highest BCUT2D eigenvalue weighted by Gasteiger charge is 2.53. The van der Waals surface area contributed by atoms with E-state index in [0.717, 1.165) is 19.3 Å². The van der Waals surface area contributed by atoms with Crippen LogP contribution in [0.4, 0.5) is 8.39 Å². The molecule has 0 N–H and O–H groups in total. The minimum absolute atomic E-state index is 0.399. The van der Waals surface area contributed by atoms with E-state index in [2.05, 4.69) is 0 Å². The van der Waals surface area contributed by atoms with Crippen molar-refractivity contribution in [2.75, 3.05) is 0 Å². The first kappa shape index (κ1) is 9.47. The Hall–Kier alpha value is 0.250. The van der Waals surface area contributed by atoms with Crippen molar-refractivity contribution in [3.63, 3.8) is 0 Å². The largest absolute Gasteiger partial charge is 0.415 e. The molecule has 14 heavy (non-hydrogen) atoms. The maximum atomic E-state index is 12.4. The fourth-order valence-electron chi connectivity index (χ4n) is 4.29. The second-order valence-corrected chi connectivity index (χ2v) is 5.98. The summed E-state index contributed by atoms with van der Waals surface area (Å²) in [6.07, 6.45) is 6.56. The van der Waals surface area contributed by atoms with Gasteiger partial charge in [0.1, 0.15) is 0 Å². The smallest absolute Gasteiger partial charge is 0.299 e. The summed E-state index contributed by atoms with van der Waals surface area (Å²) in [5.74, 6) is 2.07. The summed E-state index contributed by atoms with van der Waals surface area (Å²) in [6.45, 7) is 0. The minimum Gasteiger partial charge on any atom is -0.299 e. The van der Waals surface area contributed by atoms with E-state index < -0.39 is 14.4 Å². The Bertz CT molecular complexity index is 203. The summed E-state index contributed by atoms with van der Waals surface area (Å²) in [5.41, 5.74) is -0.399. The third-order valence-electron chi connectivity index (χ3n) is 4.24. The molecule has 0 aromatic carbocycles. The van der Waals surface area contributed by atoms with Gasteiger partial charge in [-0.25, -0.2) is 0 Å². The molecule has 4 aliphatic rings. The van der Waals surface area contributed by atoms with Crippen LogP contribution in [-0.2, 0) is 4.52 Å². The van der Waals surface area contributed by atoms with Gasteiger partial charge in [-0.3, -0.25) is 4.52 Å². The van der Waals surface area contributed by atoms with E-state index in [4.69, 9.17) is 4.52 Å². The van der Waals surface area contributed by atoms with Gasteiger partial charge in [0.15, 0.2) is 0 Å². The summed E-state index contributed by atoms with van der Waals surface area (Å²) >= 11 is 0. The van der Waals surface area contributed by atoms with E-state index in [0.29, 0.717) is 17.8 Å². The molecule has 0 aromatic rings. The highest BCUT2D eigenvalue weighted by atomic mass is 31.2. The van der Waals surface area contributed by atoms with Crippen LogP contribution in [0.15, 0.2) is 0 Å². The molecule has 0 aliphatic heterocycles. The van der Waals surface area contributed by atoms with Gasteiger partial charge in [0, 0.05) is 0 Å². The van der Waals surface area contributed by atoms with Gasteiger partial charge in [0.2, 0.25) is 0 Å². The predicted molar refractivity (Wildman–Crippen MR) is 51.1 cm³/mol. The van der Waals surface area contributed by atoms with Crippen molar-refractivity contribution in [3.8, 4) is 0 Å². The van der Waals surface area contributed by atoms with E-state index in [1.807, 2.05) is 0 Å². The van der Waals surface area contributed by atoms with Crippen LogP contribution in [0.2, 0.25) is 0 Å². The van der Waals surface area contributed by atoms with E-state index in [1.165, 1.54) is 19.3 Å². The van der Waals surface area contributed by atoms with Crippen LogP contribution >= 0.6 is 8.77 Å². The van der Waals surface area contributed by atoms with E-state index >= 15 is 0 Å². The molecule has 4 aliphatic carbocycles. The zero-order chi connectivity index (χ0) is 9.76. The molecule has 4 fully saturated rings. The lowest BCUT2D eigenvalue weighted by Gasteiger charge is -2.55. The van der Waals surface area contributed by atoms with Crippen molar-refractivity contribution in [2.45, 2.75) is 44.1 Å². The Labute approximate surface area is 84.3 Å². The molecule has 0 spiro atoms. The molecule has 4 bridgehead atoms. The number of hydrogen-bond donors (Lipinski definition) is 0. The summed E-state index contributed by atoms with van der Waals surface area (Å²) in [5, 5.41) is 0. The SMILES string of the molecule is FP(F)OC12CC3CC(CC(C3)C1)C2. The van der Waals surface area contributed by atoms with Crippen LogP contribution in [0.1, 0.15) is 38.5 Å². The second-order valence-electron chi connectivity index (χ2n) is 5.39. The van der Waals surface area contributed by atoms with Crippen molar-refractivity contribution >= 4 is 8.77 Å². The Morgan fingerprint density at radius 2 is 1.36 bits per heavy atom. The lowest BCUT2D eigenvalue weighted by molar-refractivity contribution is -0.107. The highest BCUT2D eigenvalue weighted by molar-refractivity contribution is 7.40. The van der Waals surface area contributed by atoms with Gasteiger partial charge in [-0.05, 0) is 56.3 Å². The first-order valence-electron chi connectivity index (χ1n) is 5.46. The molecule has 0 unspecified atom stereocenters. The average molecular weight is 220 g/mol. The Morgan fingerprint density at radius 3 is 1.71 bits per heavy atom. The fourth-order valence-corrected chi connectivity index (χ4v) is 4.81. The zero-order valence-electron chi connectivity index (χ0n) is 8.09. The molecule has 0 heterocycles. The number of halogens is 2. The van der Waals surface area contributed by atoms with Crippen LogP contribution in [0, 0.1) is 17.8 Å². The minimum atomic E-state index is -3.16. The van der Waals surface area contributed by atoms with Crippen LogP contribution < -0.4 is 0 Å². The Morgan fingerprint density at radius 1 is 0.929 bits per heavy atom. The number of rotatable bonds is 2. The molecule has 0 aromatic heterocycles. The van der Waals surface area contributed by atoms with Crippen molar-refractivity contribution in [1.29, 1.82) is 0 Å². The van der Waals surface area contributed by atoms with Gasteiger partial charge in [-0.1, -0.05) is 0 Å². The summed E-state index contributed by atoms with van der Waals surface area (Å²) < 4.78 is 29.8. The summed E-state index contributed by atoms with van der Waals surface area (Å²) in [6, 6.07) is 0. The van der Waals surface area contributed by atoms with Gasteiger partial charge in [-0.15, -0.1) is 0 Å². The summed E-state index contributed by atoms with van der Waals surface area (Å²) in [7, 11) is -3.16. The van der Waals surface area contributed by atoms with Gasteiger partial charge >= 0.3 is 8.77 Å². The zero-order valence-corrected chi connectivity index (χ0v) is 8.98. The van der Waals surface area contributed by atoms with Gasteiger partial charge in [-0.2, -0.15) is 8.39 Å². The average Bonchev–Trinajstić information content (AvgIpc) is 1.96. The quantitative estimate of drug-likeness (QED) is 0.635. The molecule has 80 valence electrons. The van der Waals surface area contributed by atoms with Crippen molar-refractivity contribution in [2.24, 2.45) is 17.8 Å². The van der Waals surface area contributed by atoms with E-state index in [1.54, 1.807) is 0 Å². The first-order chi connectivity index (χ1) is 6.65. The monoisotopic (exact) mass is 220 g/mol. The molecule has 4 rings (SSSR count). The maximum Gasteiger partial charge on any atom is 0.415 e. The van der Waals surface area contributed by atoms with Crippen LogP contribution in [-0.4, -0.2) is 5.60 Å². The lowest BCUT2D eigenvalue weighted by atomic mass is 9.54. The molecule has 0 amide bonds.